The highest BCUT2D eigenvalue weighted by Gasteiger charge is 2.12. The fraction of sp³-hybridized carbons (Fsp3) is 0.267. The summed E-state index contributed by atoms with van der Waals surface area (Å²) in [6.45, 7) is 3.96. The number of benzene rings is 1. The highest BCUT2D eigenvalue weighted by Crippen LogP contribution is 2.22. The Morgan fingerprint density at radius 3 is 2.85 bits per heavy atom. The van der Waals surface area contributed by atoms with E-state index in [0.717, 1.165) is 22.2 Å². The van der Waals surface area contributed by atoms with Crippen LogP contribution in [0.5, 0.6) is 0 Å². The van der Waals surface area contributed by atoms with Gasteiger partial charge in [0.15, 0.2) is 0 Å². The Morgan fingerprint density at radius 1 is 1.25 bits per heavy atom. The molecule has 0 aliphatic carbocycles. The maximum atomic E-state index is 5.73. The minimum absolute atomic E-state index is 0.00500. The molecular formula is C15H16N4O. The molecule has 3 rings (SSSR count). The van der Waals surface area contributed by atoms with Crippen LogP contribution >= 0.6 is 0 Å². The van der Waals surface area contributed by atoms with E-state index in [1.165, 1.54) is 0 Å². The lowest BCUT2D eigenvalue weighted by atomic mass is 10.1. The van der Waals surface area contributed by atoms with Gasteiger partial charge >= 0.3 is 0 Å². The Hall–Kier alpha value is -2.27. The number of nitrogens with two attached hydrogens (primary N) is 1. The van der Waals surface area contributed by atoms with Crippen LogP contribution in [-0.4, -0.2) is 21.2 Å². The third-order valence-corrected chi connectivity index (χ3v) is 3.12. The molecule has 3 aromatic rings. The summed E-state index contributed by atoms with van der Waals surface area (Å²) in [6.07, 6.45) is 0.569. The van der Waals surface area contributed by atoms with Gasteiger partial charge in [0.05, 0.1) is 5.52 Å². The molecule has 5 heteroatoms. The van der Waals surface area contributed by atoms with E-state index in [1.54, 1.807) is 0 Å². The molecule has 1 unspecified atom stereocenters. The number of aryl methyl sites for hydroxylation is 1. The van der Waals surface area contributed by atoms with Gasteiger partial charge in [-0.1, -0.05) is 23.4 Å². The lowest BCUT2D eigenvalue weighted by Gasteiger charge is -2.03. The molecule has 2 N–H and O–H groups in total. The normalized spacial score (nSPS) is 12.8. The molecule has 2 aromatic heterocycles. The summed E-state index contributed by atoms with van der Waals surface area (Å²) in [5, 5.41) is 5.12. The van der Waals surface area contributed by atoms with Gasteiger partial charge in [-0.25, -0.2) is 4.98 Å². The first kappa shape index (κ1) is 12.7. The quantitative estimate of drug-likeness (QED) is 0.789. The van der Waals surface area contributed by atoms with Gasteiger partial charge in [-0.05, 0) is 31.5 Å². The minimum Gasteiger partial charge on any atom is -0.339 e. The van der Waals surface area contributed by atoms with Crippen molar-refractivity contribution in [1.29, 1.82) is 0 Å². The number of fused-ring (bicyclic) bond motifs is 1. The van der Waals surface area contributed by atoms with Gasteiger partial charge in [-0.15, -0.1) is 0 Å². The Labute approximate surface area is 116 Å². The average Bonchev–Trinajstić information content (AvgIpc) is 2.86. The van der Waals surface area contributed by atoms with Crippen LogP contribution in [0.3, 0.4) is 0 Å². The van der Waals surface area contributed by atoms with Crippen molar-refractivity contribution < 1.29 is 4.52 Å². The van der Waals surface area contributed by atoms with Crippen molar-refractivity contribution in [1.82, 2.24) is 15.1 Å². The second kappa shape index (κ2) is 5.02. The van der Waals surface area contributed by atoms with Gasteiger partial charge < -0.3 is 10.3 Å². The van der Waals surface area contributed by atoms with E-state index in [9.17, 15) is 0 Å². The topological polar surface area (TPSA) is 77.8 Å². The molecule has 20 heavy (non-hydrogen) atoms. The summed E-state index contributed by atoms with van der Waals surface area (Å²) in [6, 6.07) is 9.98. The van der Waals surface area contributed by atoms with Crippen LogP contribution < -0.4 is 5.73 Å². The maximum Gasteiger partial charge on any atom is 0.228 e. The van der Waals surface area contributed by atoms with E-state index in [2.05, 4.69) is 28.1 Å². The molecule has 0 saturated heterocycles. The SMILES string of the molecule is Cc1cc(-c2noc(CC(C)N)n2)nc2ccccc12. The highest BCUT2D eigenvalue weighted by molar-refractivity contribution is 5.84. The first-order chi connectivity index (χ1) is 9.63. The Balaban J connectivity index is 2.03. The van der Waals surface area contributed by atoms with Gasteiger partial charge in [0.2, 0.25) is 11.7 Å². The fourth-order valence-electron chi connectivity index (χ4n) is 2.18. The first-order valence-corrected chi connectivity index (χ1v) is 6.58. The molecule has 0 aliphatic heterocycles. The zero-order valence-electron chi connectivity index (χ0n) is 11.5. The second-order valence-corrected chi connectivity index (χ2v) is 5.03. The number of hydrogen-bond donors (Lipinski definition) is 1. The van der Waals surface area contributed by atoms with Crippen molar-refractivity contribution in [2.45, 2.75) is 26.3 Å². The number of aromatic nitrogens is 3. The van der Waals surface area contributed by atoms with Crippen LogP contribution in [0.2, 0.25) is 0 Å². The first-order valence-electron chi connectivity index (χ1n) is 6.58. The zero-order valence-corrected chi connectivity index (χ0v) is 11.5. The van der Waals surface area contributed by atoms with Gasteiger partial charge in [0.25, 0.3) is 0 Å². The molecule has 1 atom stereocenters. The van der Waals surface area contributed by atoms with Gasteiger partial charge in [-0.2, -0.15) is 4.98 Å². The standard InChI is InChI=1S/C15H16N4O/c1-9-7-13(17-12-6-4-3-5-11(9)12)15-18-14(20-19-15)8-10(2)16/h3-7,10H,8,16H2,1-2H3. The molecule has 2 heterocycles. The zero-order chi connectivity index (χ0) is 14.1. The Morgan fingerprint density at radius 2 is 2.05 bits per heavy atom. The van der Waals surface area contributed by atoms with Crippen LogP contribution in [-0.2, 0) is 6.42 Å². The van der Waals surface area contributed by atoms with Crippen molar-refractivity contribution >= 4 is 10.9 Å². The molecule has 0 saturated carbocycles. The van der Waals surface area contributed by atoms with E-state index in [1.807, 2.05) is 31.2 Å². The lowest BCUT2D eigenvalue weighted by Crippen LogP contribution is -2.17. The van der Waals surface area contributed by atoms with Crippen molar-refractivity contribution in [2.24, 2.45) is 5.73 Å². The van der Waals surface area contributed by atoms with E-state index in [0.29, 0.717) is 18.1 Å². The molecule has 0 spiro atoms. The third kappa shape index (κ3) is 2.40. The van der Waals surface area contributed by atoms with Crippen LogP contribution in [0.1, 0.15) is 18.4 Å². The smallest absolute Gasteiger partial charge is 0.228 e. The molecule has 0 amide bonds. The maximum absolute atomic E-state index is 5.73. The number of pyridine rings is 1. The molecule has 102 valence electrons. The molecule has 0 radical (unpaired) electrons. The summed E-state index contributed by atoms with van der Waals surface area (Å²) >= 11 is 0. The lowest BCUT2D eigenvalue weighted by molar-refractivity contribution is 0.372. The third-order valence-electron chi connectivity index (χ3n) is 3.12. The molecule has 5 nitrogen and oxygen atoms in total. The van der Waals surface area contributed by atoms with Crippen molar-refractivity contribution in [3.05, 3.63) is 41.8 Å². The van der Waals surface area contributed by atoms with Crippen molar-refractivity contribution in [3.63, 3.8) is 0 Å². The Kier molecular flexibility index (Phi) is 3.20. The van der Waals surface area contributed by atoms with E-state index in [-0.39, 0.29) is 6.04 Å². The van der Waals surface area contributed by atoms with E-state index < -0.39 is 0 Å². The second-order valence-electron chi connectivity index (χ2n) is 5.03. The van der Waals surface area contributed by atoms with Gasteiger partial charge in [0, 0.05) is 17.8 Å². The Bertz CT molecular complexity index is 748. The largest absolute Gasteiger partial charge is 0.339 e. The predicted molar refractivity (Wildman–Crippen MR) is 77.1 cm³/mol. The number of para-hydroxylation sites is 1. The van der Waals surface area contributed by atoms with Crippen LogP contribution in [0, 0.1) is 6.92 Å². The molecular weight excluding hydrogens is 252 g/mol. The van der Waals surface area contributed by atoms with Gasteiger partial charge in [-0.3, -0.25) is 0 Å². The molecule has 1 aromatic carbocycles. The summed E-state index contributed by atoms with van der Waals surface area (Å²) in [4.78, 5) is 8.93. The number of rotatable bonds is 3. The molecule has 0 aliphatic rings. The van der Waals surface area contributed by atoms with Crippen molar-refractivity contribution in [3.8, 4) is 11.5 Å². The minimum atomic E-state index is -0.00500. The van der Waals surface area contributed by atoms with E-state index in [4.69, 9.17) is 10.3 Å². The number of hydrogen-bond acceptors (Lipinski definition) is 5. The molecule has 0 fully saturated rings. The van der Waals surface area contributed by atoms with Crippen LogP contribution in [0.4, 0.5) is 0 Å². The van der Waals surface area contributed by atoms with Crippen molar-refractivity contribution in [2.75, 3.05) is 0 Å². The number of nitrogens with zero attached hydrogens (tertiary/aromatic N) is 3. The highest BCUT2D eigenvalue weighted by atomic mass is 16.5. The predicted octanol–water partition coefficient (Wildman–Crippen LogP) is 2.48. The van der Waals surface area contributed by atoms with Crippen LogP contribution in [0.25, 0.3) is 22.4 Å². The average molecular weight is 268 g/mol. The summed E-state index contributed by atoms with van der Waals surface area (Å²) in [7, 11) is 0. The van der Waals surface area contributed by atoms with E-state index >= 15 is 0 Å². The summed E-state index contributed by atoms with van der Waals surface area (Å²) in [5.41, 5.74) is 8.52. The summed E-state index contributed by atoms with van der Waals surface area (Å²) in [5.74, 6) is 1.05. The monoisotopic (exact) mass is 268 g/mol. The summed E-state index contributed by atoms with van der Waals surface area (Å²) < 4.78 is 5.20. The molecule has 0 bridgehead atoms. The van der Waals surface area contributed by atoms with Gasteiger partial charge in [0.1, 0.15) is 5.69 Å². The van der Waals surface area contributed by atoms with Crippen LogP contribution in [0.15, 0.2) is 34.9 Å². The fourth-order valence-corrected chi connectivity index (χ4v) is 2.18.